The van der Waals surface area contributed by atoms with Crippen molar-refractivity contribution in [3.05, 3.63) is 16.3 Å². The van der Waals surface area contributed by atoms with E-state index in [0.29, 0.717) is 17.7 Å². The molecular formula is C18H23N3OS2. The largest absolute Gasteiger partial charge is 0.353 e. The first-order chi connectivity index (χ1) is 11.6. The summed E-state index contributed by atoms with van der Waals surface area (Å²) in [5.74, 6) is 2.05. The number of carbonyl (C=O) groups is 1. The van der Waals surface area contributed by atoms with Crippen molar-refractivity contribution in [1.82, 2.24) is 15.3 Å². The SMILES string of the molecule is Cc1nc(SCC(=O)N[C@@H](C)C2CC2)c2c3c(sc2n1)CCCC3. The molecule has 0 bridgehead atoms. The van der Waals surface area contributed by atoms with Gasteiger partial charge in [0.2, 0.25) is 5.91 Å². The second-order valence-electron chi connectivity index (χ2n) is 6.95. The second-order valence-corrected chi connectivity index (χ2v) is 9.00. The quantitative estimate of drug-likeness (QED) is 0.648. The van der Waals surface area contributed by atoms with Crippen LogP contribution in [0.25, 0.3) is 10.2 Å². The van der Waals surface area contributed by atoms with E-state index in [1.165, 1.54) is 47.9 Å². The summed E-state index contributed by atoms with van der Waals surface area (Å²) in [6, 6.07) is 0.305. The van der Waals surface area contributed by atoms with Crippen LogP contribution in [0.3, 0.4) is 0 Å². The van der Waals surface area contributed by atoms with Crippen molar-refractivity contribution < 1.29 is 4.79 Å². The molecule has 0 unspecified atom stereocenters. The van der Waals surface area contributed by atoms with Crippen LogP contribution in [0.5, 0.6) is 0 Å². The molecule has 2 aliphatic carbocycles. The lowest BCUT2D eigenvalue weighted by atomic mass is 9.97. The Morgan fingerprint density at radius 2 is 2.12 bits per heavy atom. The number of aromatic nitrogens is 2. The summed E-state index contributed by atoms with van der Waals surface area (Å²) in [5, 5.41) is 5.34. The summed E-state index contributed by atoms with van der Waals surface area (Å²) in [5.41, 5.74) is 1.44. The molecular weight excluding hydrogens is 338 g/mol. The van der Waals surface area contributed by atoms with Crippen molar-refractivity contribution in [2.45, 2.75) is 63.4 Å². The van der Waals surface area contributed by atoms with Gasteiger partial charge in [0, 0.05) is 16.3 Å². The Labute approximate surface area is 150 Å². The smallest absolute Gasteiger partial charge is 0.230 e. The maximum absolute atomic E-state index is 12.2. The fourth-order valence-corrected chi connectivity index (χ4v) is 5.76. The highest BCUT2D eigenvalue weighted by atomic mass is 32.2. The van der Waals surface area contributed by atoms with Gasteiger partial charge in [0.25, 0.3) is 0 Å². The first-order valence-electron chi connectivity index (χ1n) is 8.83. The molecule has 0 aromatic carbocycles. The Morgan fingerprint density at radius 3 is 2.92 bits per heavy atom. The maximum Gasteiger partial charge on any atom is 0.230 e. The number of thiophene rings is 1. The highest BCUT2D eigenvalue weighted by molar-refractivity contribution is 8.00. The molecule has 24 heavy (non-hydrogen) atoms. The number of carbonyl (C=O) groups excluding carboxylic acids is 1. The minimum atomic E-state index is 0.118. The molecule has 0 spiro atoms. The van der Waals surface area contributed by atoms with Crippen LogP contribution in [0.1, 0.15) is 48.9 Å². The minimum absolute atomic E-state index is 0.118. The molecule has 1 amide bonds. The van der Waals surface area contributed by atoms with E-state index >= 15 is 0 Å². The molecule has 4 nitrogen and oxygen atoms in total. The molecule has 1 N–H and O–H groups in total. The summed E-state index contributed by atoms with van der Waals surface area (Å²) in [7, 11) is 0. The van der Waals surface area contributed by atoms with Crippen molar-refractivity contribution >= 4 is 39.2 Å². The van der Waals surface area contributed by atoms with Gasteiger partial charge in [0.15, 0.2) is 0 Å². The Hall–Kier alpha value is -1.14. The van der Waals surface area contributed by atoms with Crippen molar-refractivity contribution in [3.63, 3.8) is 0 Å². The lowest BCUT2D eigenvalue weighted by Crippen LogP contribution is -2.35. The lowest BCUT2D eigenvalue weighted by Gasteiger charge is -2.13. The van der Waals surface area contributed by atoms with Gasteiger partial charge in [0.05, 0.1) is 5.75 Å². The number of rotatable bonds is 5. The summed E-state index contributed by atoms with van der Waals surface area (Å²) >= 11 is 3.39. The summed E-state index contributed by atoms with van der Waals surface area (Å²) < 4.78 is 0. The number of aryl methyl sites for hydroxylation is 3. The van der Waals surface area contributed by atoms with Crippen LogP contribution in [0, 0.1) is 12.8 Å². The van der Waals surface area contributed by atoms with E-state index in [1.54, 1.807) is 11.8 Å². The number of hydrogen-bond donors (Lipinski definition) is 1. The Bertz CT molecular complexity index is 782. The summed E-state index contributed by atoms with van der Waals surface area (Å²) in [6.45, 7) is 4.06. The number of hydrogen-bond acceptors (Lipinski definition) is 5. The predicted molar refractivity (Wildman–Crippen MR) is 99.8 cm³/mol. The van der Waals surface area contributed by atoms with Gasteiger partial charge in [-0.05, 0) is 63.9 Å². The third kappa shape index (κ3) is 3.31. The molecule has 1 fully saturated rings. The minimum Gasteiger partial charge on any atom is -0.353 e. The maximum atomic E-state index is 12.2. The van der Waals surface area contributed by atoms with E-state index in [1.807, 2.05) is 18.3 Å². The number of amides is 1. The van der Waals surface area contributed by atoms with Crippen LogP contribution in [0.15, 0.2) is 5.03 Å². The second kappa shape index (κ2) is 6.64. The molecule has 4 rings (SSSR count). The molecule has 0 aliphatic heterocycles. The molecule has 2 aliphatic rings. The van der Waals surface area contributed by atoms with E-state index < -0.39 is 0 Å². The van der Waals surface area contributed by atoms with Crippen molar-refractivity contribution in [2.75, 3.05) is 5.75 Å². The van der Waals surface area contributed by atoms with Crippen LogP contribution < -0.4 is 5.32 Å². The van der Waals surface area contributed by atoms with Crippen LogP contribution in [0.2, 0.25) is 0 Å². The highest BCUT2D eigenvalue weighted by Gasteiger charge is 2.29. The zero-order valence-corrected chi connectivity index (χ0v) is 15.9. The standard InChI is InChI=1S/C18H23N3OS2/c1-10(12-7-8-12)19-15(22)9-23-17-16-13-5-3-4-6-14(13)24-18(16)21-11(2)20-17/h10,12H,3-9H2,1-2H3,(H,19,22)/t10-/m0/s1. The average molecular weight is 362 g/mol. The molecule has 0 saturated heterocycles. The molecule has 2 heterocycles. The van der Waals surface area contributed by atoms with Gasteiger partial charge >= 0.3 is 0 Å². The predicted octanol–water partition coefficient (Wildman–Crippen LogP) is 3.89. The van der Waals surface area contributed by atoms with Crippen molar-refractivity contribution in [3.8, 4) is 0 Å². The van der Waals surface area contributed by atoms with Crippen molar-refractivity contribution in [2.24, 2.45) is 5.92 Å². The first kappa shape index (κ1) is 16.3. The van der Waals surface area contributed by atoms with Gasteiger partial charge < -0.3 is 5.32 Å². The highest BCUT2D eigenvalue weighted by Crippen LogP contribution is 2.39. The number of fused-ring (bicyclic) bond motifs is 3. The monoisotopic (exact) mass is 361 g/mol. The normalized spacial score (nSPS) is 18.4. The fraction of sp³-hybridized carbons (Fsp3) is 0.611. The molecule has 2 aromatic heterocycles. The third-order valence-corrected chi connectivity index (χ3v) is 7.11. The molecule has 1 saturated carbocycles. The molecule has 1 atom stereocenters. The zero-order chi connectivity index (χ0) is 16.7. The number of thioether (sulfide) groups is 1. The Kier molecular flexibility index (Phi) is 4.52. The first-order valence-corrected chi connectivity index (χ1v) is 10.6. The van der Waals surface area contributed by atoms with Crippen LogP contribution >= 0.6 is 23.1 Å². The molecule has 0 radical (unpaired) electrons. The lowest BCUT2D eigenvalue weighted by molar-refractivity contribution is -0.119. The third-order valence-electron chi connectivity index (χ3n) is 4.95. The zero-order valence-electron chi connectivity index (χ0n) is 14.2. The topological polar surface area (TPSA) is 54.9 Å². The van der Waals surface area contributed by atoms with Gasteiger partial charge in [-0.1, -0.05) is 11.8 Å². The summed E-state index contributed by atoms with van der Waals surface area (Å²) in [6.07, 6.45) is 7.31. The van der Waals surface area contributed by atoms with Gasteiger partial charge in [-0.15, -0.1) is 11.3 Å². The van der Waals surface area contributed by atoms with Gasteiger partial charge in [-0.25, -0.2) is 9.97 Å². The van der Waals surface area contributed by atoms with E-state index in [4.69, 9.17) is 0 Å². The van der Waals surface area contributed by atoms with Gasteiger partial charge in [-0.3, -0.25) is 4.79 Å². The van der Waals surface area contributed by atoms with E-state index in [0.717, 1.165) is 22.1 Å². The molecule has 2 aromatic rings. The Morgan fingerprint density at radius 1 is 1.33 bits per heavy atom. The van der Waals surface area contributed by atoms with E-state index in [2.05, 4.69) is 22.2 Å². The van der Waals surface area contributed by atoms with E-state index in [-0.39, 0.29) is 5.91 Å². The fourth-order valence-electron chi connectivity index (χ4n) is 3.47. The van der Waals surface area contributed by atoms with Crippen LogP contribution in [0.4, 0.5) is 0 Å². The van der Waals surface area contributed by atoms with Gasteiger partial charge in [0.1, 0.15) is 15.7 Å². The van der Waals surface area contributed by atoms with Crippen LogP contribution in [-0.2, 0) is 17.6 Å². The molecule has 128 valence electrons. The number of nitrogens with zero attached hydrogens (tertiary/aromatic N) is 2. The average Bonchev–Trinajstić information content (AvgIpc) is 3.33. The number of nitrogens with one attached hydrogen (secondary N) is 1. The molecule has 6 heteroatoms. The summed E-state index contributed by atoms with van der Waals surface area (Å²) in [4.78, 5) is 24.1. The van der Waals surface area contributed by atoms with Crippen LogP contribution in [-0.4, -0.2) is 27.7 Å². The van der Waals surface area contributed by atoms with Gasteiger partial charge in [-0.2, -0.15) is 0 Å². The van der Waals surface area contributed by atoms with E-state index in [9.17, 15) is 4.79 Å². The van der Waals surface area contributed by atoms with Crippen molar-refractivity contribution in [1.29, 1.82) is 0 Å². The Balaban J connectivity index is 1.54.